The Labute approximate surface area is 75.4 Å². The Morgan fingerprint density at radius 2 is 2.08 bits per heavy atom. The molecule has 12 heavy (non-hydrogen) atoms. The standard InChI is InChI=1S/C11H18O/c1-5-12-9-11(4)8-6-7-10(2)3/h5,8H,1-2,6-7,9H2,3-4H3/b11-8+. The number of hydrogen-bond acceptors (Lipinski definition) is 1. The minimum atomic E-state index is 0.652. The first kappa shape index (κ1) is 11.0. The highest BCUT2D eigenvalue weighted by atomic mass is 16.5. The summed E-state index contributed by atoms with van der Waals surface area (Å²) in [6, 6.07) is 0. The van der Waals surface area contributed by atoms with Gasteiger partial charge in [0.2, 0.25) is 0 Å². The molecule has 0 aromatic rings. The van der Waals surface area contributed by atoms with Crippen LogP contribution in [-0.2, 0) is 4.74 Å². The maximum atomic E-state index is 5.03. The molecular weight excluding hydrogens is 148 g/mol. The fourth-order valence-corrected chi connectivity index (χ4v) is 0.814. The maximum absolute atomic E-state index is 5.03. The van der Waals surface area contributed by atoms with Crippen LogP contribution in [-0.4, -0.2) is 6.61 Å². The van der Waals surface area contributed by atoms with Crippen molar-refractivity contribution >= 4 is 0 Å². The molecule has 0 spiro atoms. The molecule has 0 unspecified atom stereocenters. The van der Waals surface area contributed by atoms with Gasteiger partial charge in [0.25, 0.3) is 0 Å². The number of ether oxygens (including phenoxy) is 1. The van der Waals surface area contributed by atoms with Crippen LogP contribution in [0.25, 0.3) is 0 Å². The van der Waals surface area contributed by atoms with Crippen LogP contribution >= 0.6 is 0 Å². The second-order valence-corrected chi connectivity index (χ2v) is 3.02. The Morgan fingerprint density at radius 1 is 1.42 bits per heavy atom. The molecule has 0 N–H and O–H groups in total. The van der Waals surface area contributed by atoms with Gasteiger partial charge in [-0.05, 0) is 32.3 Å². The lowest BCUT2D eigenvalue weighted by molar-refractivity contribution is 0.281. The van der Waals surface area contributed by atoms with Crippen LogP contribution < -0.4 is 0 Å². The second kappa shape index (κ2) is 6.71. The van der Waals surface area contributed by atoms with E-state index in [0.29, 0.717) is 6.61 Å². The van der Waals surface area contributed by atoms with E-state index in [-0.39, 0.29) is 0 Å². The van der Waals surface area contributed by atoms with Gasteiger partial charge >= 0.3 is 0 Å². The van der Waals surface area contributed by atoms with Crippen molar-refractivity contribution in [2.24, 2.45) is 0 Å². The van der Waals surface area contributed by atoms with Gasteiger partial charge in [-0.3, -0.25) is 0 Å². The highest BCUT2D eigenvalue weighted by Gasteiger charge is 1.88. The first-order valence-corrected chi connectivity index (χ1v) is 4.19. The van der Waals surface area contributed by atoms with E-state index in [4.69, 9.17) is 4.74 Å². The zero-order chi connectivity index (χ0) is 9.40. The van der Waals surface area contributed by atoms with E-state index in [1.807, 2.05) is 6.92 Å². The van der Waals surface area contributed by atoms with E-state index in [2.05, 4.69) is 26.2 Å². The van der Waals surface area contributed by atoms with Gasteiger partial charge in [-0.15, -0.1) is 6.58 Å². The number of hydrogen-bond donors (Lipinski definition) is 0. The smallest absolute Gasteiger partial charge is 0.108 e. The highest BCUT2D eigenvalue weighted by molar-refractivity contribution is 5.01. The third-order valence-corrected chi connectivity index (χ3v) is 1.49. The van der Waals surface area contributed by atoms with E-state index >= 15 is 0 Å². The molecule has 0 amide bonds. The minimum Gasteiger partial charge on any atom is -0.497 e. The Balaban J connectivity index is 3.53. The fraction of sp³-hybridized carbons (Fsp3) is 0.455. The number of allylic oxidation sites excluding steroid dienone is 2. The molecule has 0 aliphatic carbocycles. The average molecular weight is 166 g/mol. The van der Waals surface area contributed by atoms with Crippen molar-refractivity contribution < 1.29 is 4.74 Å². The van der Waals surface area contributed by atoms with Crippen molar-refractivity contribution in [3.05, 3.63) is 36.6 Å². The predicted molar refractivity (Wildman–Crippen MR) is 54.0 cm³/mol. The molecule has 0 aromatic heterocycles. The van der Waals surface area contributed by atoms with E-state index in [1.54, 1.807) is 0 Å². The van der Waals surface area contributed by atoms with Crippen molar-refractivity contribution in [2.75, 3.05) is 6.61 Å². The summed E-state index contributed by atoms with van der Waals surface area (Å²) in [6.07, 6.45) is 5.77. The molecule has 1 nitrogen and oxygen atoms in total. The predicted octanol–water partition coefficient (Wildman–Crippen LogP) is 3.45. The summed E-state index contributed by atoms with van der Waals surface area (Å²) in [6.45, 7) is 12.1. The first-order valence-electron chi connectivity index (χ1n) is 4.19. The molecule has 0 saturated carbocycles. The quantitative estimate of drug-likeness (QED) is 0.434. The van der Waals surface area contributed by atoms with Crippen LogP contribution in [0.4, 0.5) is 0 Å². The Morgan fingerprint density at radius 3 is 2.58 bits per heavy atom. The van der Waals surface area contributed by atoms with Crippen LogP contribution in [0.3, 0.4) is 0 Å². The minimum absolute atomic E-state index is 0.652. The molecule has 0 atom stereocenters. The van der Waals surface area contributed by atoms with E-state index in [9.17, 15) is 0 Å². The number of rotatable bonds is 6. The topological polar surface area (TPSA) is 9.23 Å². The molecule has 0 saturated heterocycles. The molecule has 0 heterocycles. The molecule has 0 bridgehead atoms. The van der Waals surface area contributed by atoms with Gasteiger partial charge < -0.3 is 4.74 Å². The lowest BCUT2D eigenvalue weighted by atomic mass is 10.1. The summed E-state index contributed by atoms with van der Waals surface area (Å²) < 4.78 is 5.03. The fourth-order valence-electron chi connectivity index (χ4n) is 0.814. The van der Waals surface area contributed by atoms with Crippen LogP contribution in [0, 0.1) is 0 Å². The van der Waals surface area contributed by atoms with Crippen molar-refractivity contribution in [2.45, 2.75) is 26.7 Å². The van der Waals surface area contributed by atoms with Gasteiger partial charge in [0.15, 0.2) is 0 Å². The van der Waals surface area contributed by atoms with Crippen molar-refractivity contribution in [1.82, 2.24) is 0 Å². The molecule has 68 valence electrons. The molecule has 0 aromatic carbocycles. The molecule has 0 radical (unpaired) electrons. The van der Waals surface area contributed by atoms with Crippen LogP contribution in [0.2, 0.25) is 0 Å². The normalized spacial score (nSPS) is 11.0. The molecule has 1 heteroatoms. The summed E-state index contributed by atoms with van der Waals surface area (Å²) >= 11 is 0. The van der Waals surface area contributed by atoms with Gasteiger partial charge in [-0.2, -0.15) is 0 Å². The molecular formula is C11H18O. The zero-order valence-electron chi connectivity index (χ0n) is 8.10. The van der Waals surface area contributed by atoms with Gasteiger partial charge in [0.1, 0.15) is 6.61 Å². The Kier molecular flexibility index (Phi) is 6.16. The largest absolute Gasteiger partial charge is 0.497 e. The van der Waals surface area contributed by atoms with E-state index in [1.165, 1.54) is 17.4 Å². The Bertz CT molecular complexity index is 177. The highest BCUT2D eigenvalue weighted by Crippen LogP contribution is 2.04. The molecule has 0 aliphatic rings. The third kappa shape index (κ3) is 7.13. The van der Waals surface area contributed by atoms with Crippen molar-refractivity contribution in [3.63, 3.8) is 0 Å². The van der Waals surface area contributed by atoms with E-state index in [0.717, 1.165) is 12.8 Å². The van der Waals surface area contributed by atoms with Crippen molar-refractivity contribution in [3.8, 4) is 0 Å². The summed E-state index contributed by atoms with van der Waals surface area (Å²) in [5, 5.41) is 0. The summed E-state index contributed by atoms with van der Waals surface area (Å²) in [4.78, 5) is 0. The van der Waals surface area contributed by atoms with Crippen molar-refractivity contribution in [1.29, 1.82) is 0 Å². The Hall–Kier alpha value is -0.980. The monoisotopic (exact) mass is 166 g/mol. The zero-order valence-corrected chi connectivity index (χ0v) is 8.10. The van der Waals surface area contributed by atoms with Gasteiger partial charge in [-0.25, -0.2) is 0 Å². The van der Waals surface area contributed by atoms with Gasteiger partial charge in [0, 0.05) is 0 Å². The summed E-state index contributed by atoms with van der Waals surface area (Å²) in [7, 11) is 0. The van der Waals surface area contributed by atoms with Crippen LogP contribution in [0.15, 0.2) is 36.6 Å². The van der Waals surface area contributed by atoms with Crippen LogP contribution in [0.5, 0.6) is 0 Å². The first-order chi connectivity index (χ1) is 5.66. The van der Waals surface area contributed by atoms with Crippen LogP contribution in [0.1, 0.15) is 26.7 Å². The van der Waals surface area contributed by atoms with E-state index < -0.39 is 0 Å². The second-order valence-electron chi connectivity index (χ2n) is 3.02. The SMILES string of the molecule is C=COC/C(C)=C/CCC(=C)C. The van der Waals surface area contributed by atoms with Gasteiger partial charge in [-0.1, -0.05) is 18.2 Å². The maximum Gasteiger partial charge on any atom is 0.108 e. The lowest BCUT2D eigenvalue weighted by Gasteiger charge is -2.00. The molecule has 0 rings (SSSR count). The van der Waals surface area contributed by atoms with Gasteiger partial charge in [0.05, 0.1) is 6.26 Å². The molecule has 0 fully saturated rings. The molecule has 0 aliphatic heterocycles. The summed E-state index contributed by atoms with van der Waals surface area (Å²) in [5.41, 5.74) is 2.47. The average Bonchev–Trinajstić information content (AvgIpc) is 2.00. The third-order valence-electron chi connectivity index (χ3n) is 1.49. The lowest BCUT2D eigenvalue weighted by Crippen LogP contribution is -1.88. The summed E-state index contributed by atoms with van der Waals surface area (Å²) in [5.74, 6) is 0.